The molecule has 0 bridgehead atoms. The second kappa shape index (κ2) is 7.10. The smallest absolute Gasteiger partial charge is 0.253 e. The van der Waals surface area contributed by atoms with E-state index in [0.717, 1.165) is 18.7 Å². The van der Waals surface area contributed by atoms with Gasteiger partial charge in [0.2, 0.25) is 0 Å². The van der Waals surface area contributed by atoms with Gasteiger partial charge in [0.25, 0.3) is 5.91 Å². The van der Waals surface area contributed by atoms with Crippen LogP contribution in [0.2, 0.25) is 0 Å². The van der Waals surface area contributed by atoms with Crippen LogP contribution in [0.25, 0.3) is 0 Å². The van der Waals surface area contributed by atoms with Crippen LogP contribution < -0.4 is 10.6 Å². The van der Waals surface area contributed by atoms with E-state index in [-0.39, 0.29) is 5.91 Å². The fraction of sp³-hybridized carbons (Fsp3) is 0.312. The first kappa shape index (κ1) is 14.6. The highest BCUT2D eigenvalue weighted by molar-refractivity contribution is 7.10. The molecule has 1 aromatic heterocycles. The molecule has 2 N–H and O–H groups in total. The molecule has 0 saturated heterocycles. The fourth-order valence-corrected chi connectivity index (χ4v) is 3.03. The lowest BCUT2D eigenvalue weighted by Gasteiger charge is -2.11. The second-order valence-electron chi connectivity index (χ2n) is 4.48. The highest BCUT2D eigenvalue weighted by atomic mass is 32.1. The number of carbonyl (C=O) groups excluding carboxylic acids is 1. The van der Waals surface area contributed by atoms with E-state index in [1.807, 2.05) is 31.2 Å². The summed E-state index contributed by atoms with van der Waals surface area (Å²) in [4.78, 5) is 13.5. The van der Waals surface area contributed by atoms with Gasteiger partial charge in [-0.05, 0) is 42.5 Å². The number of hydrogen-bond acceptors (Lipinski definition) is 3. The summed E-state index contributed by atoms with van der Waals surface area (Å²) in [5.41, 5.74) is 2.90. The number of aryl methyl sites for hydroxylation is 1. The molecule has 4 heteroatoms. The Bertz CT molecular complexity index is 577. The molecule has 106 valence electrons. The molecule has 0 fully saturated rings. The van der Waals surface area contributed by atoms with Crippen molar-refractivity contribution in [3.05, 3.63) is 51.7 Å². The Morgan fingerprint density at radius 1 is 1.20 bits per heavy atom. The summed E-state index contributed by atoms with van der Waals surface area (Å²) in [7, 11) is 0. The zero-order valence-corrected chi connectivity index (χ0v) is 12.7. The lowest BCUT2D eigenvalue weighted by molar-refractivity contribution is 0.0952. The maximum Gasteiger partial charge on any atom is 0.253 e. The Kier molecular flexibility index (Phi) is 5.18. The molecule has 1 aromatic carbocycles. The molecule has 0 aliphatic heterocycles. The molecule has 0 saturated carbocycles. The van der Waals surface area contributed by atoms with E-state index in [2.05, 4.69) is 29.0 Å². The molecule has 0 aliphatic carbocycles. The topological polar surface area (TPSA) is 41.1 Å². The van der Waals surface area contributed by atoms with Crippen molar-refractivity contribution >= 4 is 22.9 Å². The van der Waals surface area contributed by atoms with Crippen molar-refractivity contribution in [3.8, 4) is 0 Å². The highest BCUT2D eigenvalue weighted by Crippen LogP contribution is 2.18. The predicted molar refractivity (Wildman–Crippen MR) is 85.5 cm³/mol. The van der Waals surface area contributed by atoms with E-state index in [9.17, 15) is 4.79 Å². The van der Waals surface area contributed by atoms with E-state index in [1.165, 1.54) is 10.4 Å². The lowest BCUT2D eigenvalue weighted by Crippen LogP contribution is -2.24. The van der Waals surface area contributed by atoms with Gasteiger partial charge in [0.05, 0.1) is 12.1 Å². The van der Waals surface area contributed by atoms with Gasteiger partial charge in [-0.15, -0.1) is 11.3 Å². The molecule has 0 aliphatic rings. The number of amides is 1. The van der Waals surface area contributed by atoms with Gasteiger partial charge in [-0.3, -0.25) is 4.79 Å². The third-order valence-electron chi connectivity index (χ3n) is 3.17. The third kappa shape index (κ3) is 3.39. The Balaban J connectivity index is 2.05. The second-order valence-corrected chi connectivity index (χ2v) is 5.48. The summed E-state index contributed by atoms with van der Waals surface area (Å²) in [5.74, 6) is -0.0306. The maximum atomic E-state index is 12.3. The molecule has 20 heavy (non-hydrogen) atoms. The van der Waals surface area contributed by atoms with Crippen molar-refractivity contribution < 1.29 is 4.79 Å². The number of nitrogens with one attached hydrogen (secondary N) is 2. The van der Waals surface area contributed by atoms with Gasteiger partial charge in [0.15, 0.2) is 0 Å². The minimum absolute atomic E-state index is 0.0306. The molecular formula is C16H20N2OS. The average Bonchev–Trinajstić information content (AvgIpc) is 2.93. The Hall–Kier alpha value is -1.81. The van der Waals surface area contributed by atoms with E-state index in [1.54, 1.807) is 11.3 Å². The van der Waals surface area contributed by atoms with Crippen LogP contribution >= 0.6 is 11.3 Å². The molecule has 0 spiro atoms. The van der Waals surface area contributed by atoms with E-state index < -0.39 is 0 Å². The van der Waals surface area contributed by atoms with E-state index >= 15 is 0 Å². The Morgan fingerprint density at radius 2 is 2.00 bits per heavy atom. The summed E-state index contributed by atoms with van der Waals surface area (Å²) < 4.78 is 0. The summed E-state index contributed by atoms with van der Waals surface area (Å²) in [5, 5.41) is 8.30. The highest BCUT2D eigenvalue weighted by Gasteiger charge is 2.11. The summed E-state index contributed by atoms with van der Waals surface area (Å²) in [6.07, 6.45) is 1.00. The van der Waals surface area contributed by atoms with Crippen molar-refractivity contribution in [2.75, 3.05) is 11.9 Å². The first-order valence-electron chi connectivity index (χ1n) is 6.92. The van der Waals surface area contributed by atoms with Crippen LogP contribution in [0.15, 0.2) is 35.7 Å². The number of anilines is 1. The quantitative estimate of drug-likeness (QED) is 0.851. The zero-order chi connectivity index (χ0) is 14.4. The minimum atomic E-state index is -0.0306. The predicted octanol–water partition coefficient (Wildman–Crippen LogP) is 3.67. The minimum Gasteiger partial charge on any atom is -0.385 e. The van der Waals surface area contributed by atoms with E-state index in [0.29, 0.717) is 12.1 Å². The largest absolute Gasteiger partial charge is 0.385 e. The van der Waals surface area contributed by atoms with Crippen molar-refractivity contribution in [1.82, 2.24) is 5.32 Å². The van der Waals surface area contributed by atoms with Crippen LogP contribution in [0.5, 0.6) is 0 Å². The van der Waals surface area contributed by atoms with Crippen molar-refractivity contribution in [1.29, 1.82) is 0 Å². The molecule has 0 radical (unpaired) electrons. The van der Waals surface area contributed by atoms with Crippen LogP contribution in [0, 0.1) is 0 Å². The van der Waals surface area contributed by atoms with E-state index in [4.69, 9.17) is 0 Å². The number of thiophene rings is 1. The van der Waals surface area contributed by atoms with Gasteiger partial charge < -0.3 is 10.6 Å². The molecule has 0 atom stereocenters. The summed E-state index contributed by atoms with van der Waals surface area (Å²) in [6, 6.07) is 9.73. The molecule has 2 aromatic rings. The molecule has 1 amide bonds. The molecule has 3 nitrogen and oxygen atoms in total. The Labute approximate surface area is 124 Å². The van der Waals surface area contributed by atoms with Gasteiger partial charge in [-0.25, -0.2) is 0 Å². The van der Waals surface area contributed by atoms with Gasteiger partial charge in [0.1, 0.15) is 0 Å². The normalized spacial score (nSPS) is 10.3. The summed E-state index contributed by atoms with van der Waals surface area (Å²) >= 11 is 1.70. The first-order chi connectivity index (χ1) is 9.76. The standard InChI is InChI=1S/C16H20N2OS/c1-3-12-9-10-20-15(12)11-18-16(19)13-7-5-6-8-14(13)17-4-2/h5-10,17H,3-4,11H2,1-2H3,(H,18,19). The van der Waals surface area contributed by atoms with Crippen LogP contribution in [-0.4, -0.2) is 12.5 Å². The molecule has 1 heterocycles. The average molecular weight is 288 g/mol. The number of para-hydroxylation sites is 1. The third-order valence-corrected chi connectivity index (χ3v) is 4.13. The molecular weight excluding hydrogens is 268 g/mol. The lowest BCUT2D eigenvalue weighted by atomic mass is 10.1. The first-order valence-corrected chi connectivity index (χ1v) is 7.80. The van der Waals surface area contributed by atoms with Crippen molar-refractivity contribution in [3.63, 3.8) is 0 Å². The van der Waals surface area contributed by atoms with Crippen LogP contribution in [0.1, 0.15) is 34.6 Å². The van der Waals surface area contributed by atoms with Crippen molar-refractivity contribution in [2.45, 2.75) is 26.8 Å². The van der Waals surface area contributed by atoms with Crippen LogP contribution in [0.4, 0.5) is 5.69 Å². The van der Waals surface area contributed by atoms with Gasteiger partial charge in [-0.1, -0.05) is 19.1 Å². The number of rotatable bonds is 6. The summed E-state index contributed by atoms with van der Waals surface area (Å²) in [6.45, 7) is 5.55. The zero-order valence-electron chi connectivity index (χ0n) is 11.9. The number of carbonyl (C=O) groups is 1. The van der Waals surface area contributed by atoms with Gasteiger partial charge >= 0.3 is 0 Å². The SMILES string of the molecule is CCNc1ccccc1C(=O)NCc1sccc1CC. The van der Waals surface area contributed by atoms with Crippen molar-refractivity contribution in [2.24, 2.45) is 0 Å². The molecule has 2 rings (SSSR count). The fourth-order valence-electron chi connectivity index (χ4n) is 2.12. The monoisotopic (exact) mass is 288 g/mol. The maximum absolute atomic E-state index is 12.3. The van der Waals surface area contributed by atoms with Crippen LogP contribution in [0.3, 0.4) is 0 Å². The Morgan fingerprint density at radius 3 is 2.75 bits per heavy atom. The number of benzene rings is 1. The van der Waals surface area contributed by atoms with Gasteiger partial charge in [-0.2, -0.15) is 0 Å². The van der Waals surface area contributed by atoms with Crippen LogP contribution in [-0.2, 0) is 13.0 Å². The number of hydrogen-bond donors (Lipinski definition) is 2. The van der Waals surface area contributed by atoms with Gasteiger partial charge in [0, 0.05) is 17.1 Å². The molecule has 0 unspecified atom stereocenters.